The molecule has 0 unspecified atom stereocenters. The lowest BCUT2D eigenvalue weighted by Crippen LogP contribution is -2.10. The summed E-state index contributed by atoms with van der Waals surface area (Å²) < 4.78 is 5.54. The molecule has 1 radical (unpaired) electrons. The second-order valence-electron chi connectivity index (χ2n) is 3.51. The van der Waals surface area contributed by atoms with Crippen molar-refractivity contribution in [3.63, 3.8) is 0 Å². The van der Waals surface area contributed by atoms with E-state index in [1.165, 1.54) is 18.8 Å². The maximum absolute atomic E-state index is 5.54. The lowest BCUT2D eigenvalue weighted by atomic mass is 9.99. The molecule has 1 aliphatic rings. The van der Waals surface area contributed by atoms with Crippen LogP contribution in [0.3, 0.4) is 0 Å². The van der Waals surface area contributed by atoms with E-state index in [2.05, 4.69) is 20.8 Å². The highest BCUT2D eigenvalue weighted by Gasteiger charge is 2.23. The predicted molar refractivity (Wildman–Crippen MR) is 42.7 cm³/mol. The van der Waals surface area contributed by atoms with Crippen LogP contribution in [0.4, 0.5) is 0 Å². The van der Waals surface area contributed by atoms with Gasteiger partial charge in [0.2, 0.25) is 0 Å². The Morgan fingerprint density at radius 3 is 2.50 bits per heavy atom. The highest BCUT2D eigenvalue weighted by Crippen LogP contribution is 2.25. The third-order valence-electron chi connectivity index (χ3n) is 2.06. The van der Waals surface area contributed by atoms with Crippen molar-refractivity contribution in [1.82, 2.24) is 0 Å². The molecule has 10 heavy (non-hydrogen) atoms. The number of hydrogen-bond acceptors (Lipinski definition) is 1. The largest absolute Gasteiger partial charge is 0.378 e. The molecule has 0 aromatic carbocycles. The van der Waals surface area contributed by atoms with Gasteiger partial charge in [0.25, 0.3) is 0 Å². The molecule has 0 bridgehead atoms. The van der Waals surface area contributed by atoms with E-state index in [-0.39, 0.29) is 0 Å². The van der Waals surface area contributed by atoms with Gasteiger partial charge in [0.15, 0.2) is 0 Å². The molecule has 1 heteroatoms. The van der Waals surface area contributed by atoms with Gasteiger partial charge in [0.05, 0.1) is 12.7 Å². The topological polar surface area (TPSA) is 9.23 Å². The molecule has 0 aliphatic heterocycles. The molecule has 0 N–H and O–H groups in total. The van der Waals surface area contributed by atoms with Gasteiger partial charge in [-0.1, -0.05) is 20.8 Å². The number of ether oxygens (including phenoxy) is 1. The van der Waals surface area contributed by atoms with Gasteiger partial charge in [0, 0.05) is 5.92 Å². The average Bonchev–Trinajstić information content (AvgIpc) is 2.64. The van der Waals surface area contributed by atoms with Gasteiger partial charge in [-0.15, -0.1) is 0 Å². The van der Waals surface area contributed by atoms with E-state index in [4.69, 9.17) is 4.74 Å². The molecule has 0 amide bonds. The second kappa shape index (κ2) is 3.38. The molecule has 1 fully saturated rings. The van der Waals surface area contributed by atoms with Gasteiger partial charge in [-0.3, -0.25) is 0 Å². The van der Waals surface area contributed by atoms with E-state index < -0.39 is 0 Å². The van der Waals surface area contributed by atoms with E-state index in [9.17, 15) is 0 Å². The van der Waals surface area contributed by atoms with Crippen molar-refractivity contribution in [2.24, 2.45) is 5.92 Å². The van der Waals surface area contributed by atoms with Crippen molar-refractivity contribution in [2.75, 3.05) is 6.61 Å². The van der Waals surface area contributed by atoms with Crippen LogP contribution < -0.4 is 0 Å². The quantitative estimate of drug-likeness (QED) is 0.584. The lowest BCUT2D eigenvalue weighted by molar-refractivity contribution is 0.122. The van der Waals surface area contributed by atoms with Crippen LogP contribution in [0.2, 0.25) is 0 Å². The Morgan fingerprint density at radius 2 is 2.10 bits per heavy atom. The molecule has 59 valence electrons. The lowest BCUT2D eigenvalue weighted by Gasteiger charge is -2.14. The van der Waals surface area contributed by atoms with E-state index in [0.717, 1.165) is 6.61 Å². The van der Waals surface area contributed by atoms with Crippen LogP contribution in [0, 0.1) is 11.8 Å². The molecule has 1 aliphatic carbocycles. The Hall–Kier alpha value is -0.0400. The summed E-state index contributed by atoms with van der Waals surface area (Å²) in [7, 11) is 0. The number of rotatable bonds is 4. The van der Waals surface area contributed by atoms with Crippen molar-refractivity contribution in [3.05, 3.63) is 5.92 Å². The van der Waals surface area contributed by atoms with E-state index >= 15 is 0 Å². The fourth-order valence-electron chi connectivity index (χ4n) is 0.651. The van der Waals surface area contributed by atoms with Crippen LogP contribution in [0.1, 0.15) is 33.6 Å². The SMILES string of the molecule is C[C](COC1CC1)C(C)C. The molecule has 0 atom stereocenters. The van der Waals surface area contributed by atoms with Crippen molar-refractivity contribution < 1.29 is 4.74 Å². The molecule has 0 spiro atoms. The first-order chi connectivity index (χ1) is 4.70. The Morgan fingerprint density at radius 1 is 1.50 bits per heavy atom. The first kappa shape index (κ1) is 8.06. The molecular formula is C9H17O. The van der Waals surface area contributed by atoms with Gasteiger partial charge in [-0.05, 0) is 18.8 Å². The predicted octanol–water partition coefficient (Wildman–Crippen LogP) is 2.42. The van der Waals surface area contributed by atoms with Crippen LogP contribution in [-0.4, -0.2) is 12.7 Å². The summed E-state index contributed by atoms with van der Waals surface area (Å²) in [6.45, 7) is 7.48. The third-order valence-corrected chi connectivity index (χ3v) is 2.06. The fourth-order valence-corrected chi connectivity index (χ4v) is 0.651. The third kappa shape index (κ3) is 2.70. The smallest absolute Gasteiger partial charge is 0.0577 e. The van der Waals surface area contributed by atoms with Crippen molar-refractivity contribution in [1.29, 1.82) is 0 Å². The standard InChI is InChI=1S/C9H17O/c1-7(2)8(3)6-10-9-4-5-9/h7,9H,4-6H2,1-3H3. The molecule has 1 saturated carbocycles. The molecule has 0 aromatic rings. The monoisotopic (exact) mass is 141 g/mol. The summed E-state index contributed by atoms with van der Waals surface area (Å²) >= 11 is 0. The van der Waals surface area contributed by atoms with Crippen LogP contribution in [0.15, 0.2) is 0 Å². The summed E-state index contributed by atoms with van der Waals surface area (Å²) in [6, 6.07) is 0. The maximum atomic E-state index is 5.54. The first-order valence-corrected chi connectivity index (χ1v) is 4.14. The van der Waals surface area contributed by atoms with Gasteiger partial charge in [0.1, 0.15) is 0 Å². The minimum absolute atomic E-state index is 0.605. The summed E-state index contributed by atoms with van der Waals surface area (Å²) in [4.78, 5) is 0. The Balaban J connectivity index is 1.99. The van der Waals surface area contributed by atoms with Crippen LogP contribution in [-0.2, 0) is 4.74 Å². The minimum Gasteiger partial charge on any atom is -0.378 e. The van der Waals surface area contributed by atoms with Crippen LogP contribution in [0.25, 0.3) is 0 Å². The van der Waals surface area contributed by atoms with Crippen LogP contribution >= 0.6 is 0 Å². The van der Waals surface area contributed by atoms with Gasteiger partial charge >= 0.3 is 0 Å². The van der Waals surface area contributed by atoms with Crippen molar-refractivity contribution in [3.8, 4) is 0 Å². The van der Waals surface area contributed by atoms with E-state index in [0.29, 0.717) is 12.0 Å². The number of hydrogen-bond donors (Lipinski definition) is 0. The summed E-state index contributed by atoms with van der Waals surface area (Å²) in [6.07, 6.45) is 3.17. The molecule has 1 nitrogen and oxygen atoms in total. The summed E-state index contributed by atoms with van der Waals surface area (Å²) in [5.41, 5.74) is 0. The summed E-state index contributed by atoms with van der Waals surface area (Å²) in [5.74, 6) is 2.14. The van der Waals surface area contributed by atoms with Gasteiger partial charge < -0.3 is 4.74 Å². The molecule has 1 rings (SSSR count). The summed E-state index contributed by atoms with van der Waals surface area (Å²) in [5, 5.41) is 0. The van der Waals surface area contributed by atoms with Crippen molar-refractivity contribution in [2.45, 2.75) is 39.7 Å². The van der Waals surface area contributed by atoms with E-state index in [1.807, 2.05) is 0 Å². The minimum atomic E-state index is 0.605. The van der Waals surface area contributed by atoms with Crippen LogP contribution in [0.5, 0.6) is 0 Å². The molecule has 0 aromatic heterocycles. The Labute approximate surface area is 63.8 Å². The zero-order valence-corrected chi connectivity index (χ0v) is 7.18. The first-order valence-electron chi connectivity index (χ1n) is 4.14. The zero-order chi connectivity index (χ0) is 7.56. The van der Waals surface area contributed by atoms with Gasteiger partial charge in [-0.25, -0.2) is 0 Å². The maximum Gasteiger partial charge on any atom is 0.0577 e. The van der Waals surface area contributed by atoms with E-state index in [1.54, 1.807) is 0 Å². The average molecular weight is 141 g/mol. The molecular weight excluding hydrogens is 124 g/mol. The highest BCUT2D eigenvalue weighted by molar-refractivity contribution is 4.88. The second-order valence-corrected chi connectivity index (χ2v) is 3.51. The Bertz CT molecular complexity index is 94.9. The highest BCUT2D eigenvalue weighted by atomic mass is 16.5. The Kier molecular flexibility index (Phi) is 2.72. The molecule has 0 heterocycles. The fraction of sp³-hybridized carbons (Fsp3) is 0.889. The van der Waals surface area contributed by atoms with Crippen molar-refractivity contribution >= 4 is 0 Å². The normalized spacial score (nSPS) is 18.9. The zero-order valence-electron chi connectivity index (χ0n) is 7.18. The molecule has 0 saturated heterocycles. The van der Waals surface area contributed by atoms with Gasteiger partial charge in [-0.2, -0.15) is 0 Å².